The number of aromatic nitrogens is 7. The van der Waals surface area contributed by atoms with Gasteiger partial charge in [0.15, 0.2) is 6.23 Å². The predicted octanol–water partition coefficient (Wildman–Crippen LogP) is 1.90. The van der Waals surface area contributed by atoms with Gasteiger partial charge < -0.3 is 4.74 Å². The summed E-state index contributed by atoms with van der Waals surface area (Å²) in [6.07, 6.45) is 11.2. The molecule has 4 aromatic heterocycles. The zero-order valence-electron chi connectivity index (χ0n) is 12.3. The van der Waals surface area contributed by atoms with E-state index in [0.29, 0.717) is 0 Å². The highest BCUT2D eigenvalue weighted by Gasteiger charge is 2.36. The number of hydrogen-bond acceptors (Lipinski definition) is 5. The Morgan fingerprint density at radius 3 is 2.96 bits per heavy atom. The lowest BCUT2D eigenvalue weighted by molar-refractivity contribution is 0.323. The van der Waals surface area contributed by atoms with Crippen molar-refractivity contribution in [2.75, 3.05) is 0 Å². The van der Waals surface area contributed by atoms with E-state index in [2.05, 4.69) is 20.3 Å². The van der Waals surface area contributed by atoms with E-state index in [0.717, 1.165) is 28.3 Å². The summed E-state index contributed by atoms with van der Waals surface area (Å²) in [5, 5.41) is 11.2. The van der Waals surface area contributed by atoms with Gasteiger partial charge in [-0.15, -0.1) is 0 Å². The minimum atomic E-state index is 0.0345. The standard InChI is InChI=1S/C15H13N7O/c1-9-15(23-9)22-8-11(7-19-22)12-4-13-16-2-3-21(13)14(20-12)10-5-17-18-6-10/h2-9,15H,1H3,(H,17,18). The molecule has 8 heteroatoms. The van der Waals surface area contributed by atoms with Crippen LogP contribution in [0, 0.1) is 0 Å². The number of nitrogens with one attached hydrogen (secondary N) is 1. The number of imidazole rings is 1. The number of epoxide rings is 1. The highest BCUT2D eigenvalue weighted by Crippen LogP contribution is 2.33. The molecule has 8 nitrogen and oxygen atoms in total. The van der Waals surface area contributed by atoms with Gasteiger partial charge in [0.05, 0.1) is 23.7 Å². The quantitative estimate of drug-likeness (QED) is 0.584. The molecule has 0 saturated carbocycles. The second-order valence-corrected chi connectivity index (χ2v) is 5.55. The van der Waals surface area contributed by atoms with Crippen LogP contribution in [0.4, 0.5) is 0 Å². The van der Waals surface area contributed by atoms with Gasteiger partial charge in [0.25, 0.3) is 0 Å². The first-order chi connectivity index (χ1) is 11.3. The molecule has 2 atom stereocenters. The number of ether oxygens (including phenoxy) is 1. The first-order valence-electron chi connectivity index (χ1n) is 7.33. The summed E-state index contributed by atoms with van der Waals surface area (Å²) in [4.78, 5) is 9.15. The smallest absolute Gasteiger partial charge is 0.176 e. The molecule has 5 rings (SSSR count). The molecule has 0 spiro atoms. The number of nitrogens with zero attached hydrogens (tertiary/aromatic N) is 6. The van der Waals surface area contributed by atoms with Crippen LogP contribution in [-0.2, 0) is 4.74 Å². The third-order valence-electron chi connectivity index (χ3n) is 3.98. The summed E-state index contributed by atoms with van der Waals surface area (Å²) >= 11 is 0. The fraction of sp³-hybridized carbons (Fsp3) is 0.200. The number of hydrogen-bond donors (Lipinski definition) is 1. The second-order valence-electron chi connectivity index (χ2n) is 5.55. The van der Waals surface area contributed by atoms with Gasteiger partial charge in [-0.1, -0.05) is 0 Å². The molecule has 0 radical (unpaired) electrons. The number of H-pyrrole nitrogens is 1. The fourth-order valence-corrected chi connectivity index (χ4v) is 2.71. The van der Waals surface area contributed by atoms with Crippen LogP contribution in [0.2, 0.25) is 0 Å². The lowest BCUT2D eigenvalue weighted by atomic mass is 10.2. The van der Waals surface area contributed by atoms with E-state index in [4.69, 9.17) is 9.72 Å². The molecule has 0 aromatic carbocycles. The summed E-state index contributed by atoms with van der Waals surface area (Å²) < 4.78 is 9.21. The van der Waals surface area contributed by atoms with E-state index < -0.39 is 0 Å². The van der Waals surface area contributed by atoms with E-state index in [9.17, 15) is 0 Å². The second kappa shape index (κ2) is 4.50. The highest BCUT2D eigenvalue weighted by molar-refractivity contribution is 5.68. The summed E-state index contributed by atoms with van der Waals surface area (Å²) in [7, 11) is 0. The van der Waals surface area contributed by atoms with Gasteiger partial charge in [-0.3, -0.25) is 9.50 Å². The first kappa shape index (κ1) is 12.5. The van der Waals surface area contributed by atoms with Crippen LogP contribution in [0.3, 0.4) is 0 Å². The van der Waals surface area contributed by atoms with Gasteiger partial charge >= 0.3 is 0 Å². The summed E-state index contributed by atoms with van der Waals surface area (Å²) in [5.41, 5.74) is 3.48. The molecule has 0 bridgehead atoms. The maximum absolute atomic E-state index is 5.44. The molecule has 114 valence electrons. The first-order valence-corrected chi connectivity index (χ1v) is 7.33. The van der Waals surface area contributed by atoms with Crippen molar-refractivity contribution >= 4 is 5.65 Å². The van der Waals surface area contributed by atoms with E-state index in [1.165, 1.54) is 0 Å². The van der Waals surface area contributed by atoms with Crippen molar-refractivity contribution in [2.24, 2.45) is 0 Å². The van der Waals surface area contributed by atoms with E-state index >= 15 is 0 Å². The molecular weight excluding hydrogens is 294 g/mol. The number of aromatic amines is 1. The minimum absolute atomic E-state index is 0.0345. The van der Waals surface area contributed by atoms with Crippen LogP contribution in [0.25, 0.3) is 28.3 Å². The van der Waals surface area contributed by atoms with Crippen LogP contribution < -0.4 is 0 Å². The molecule has 5 heterocycles. The van der Waals surface area contributed by atoms with Crippen LogP contribution in [-0.4, -0.2) is 40.5 Å². The van der Waals surface area contributed by atoms with Crippen molar-refractivity contribution in [3.8, 4) is 22.6 Å². The van der Waals surface area contributed by atoms with Gasteiger partial charge in [-0.05, 0) is 6.92 Å². The van der Waals surface area contributed by atoms with Gasteiger partial charge in [0.2, 0.25) is 0 Å². The zero-order chi connectivity index (χ0) is 15.4. The maximum Gasteiger partial charge on any atom is 0.176 e. The molecular formula is C15H13N7O. The zero-order valence-corrected chi connectivity index (χ0v) is 12.3. The average molecular weight is 307 g/mol. The topological polar surface area (TPSA) is 89.2 Å². The summed E-state index contributed by atoms with van der Waals surface area (Å²) in [6, 6.07) is 1.95. The maximum atomic E-state index is 5.44. The molecule has 4 aromatic rings. The van der Waals surface area contributed by atoms with Crippen molar-refractivity contribution in [2.45, 2.75) is 19.3 Å². The molecule has 23 heavy (non-hydrogen) atoms. The van der Waals surface area contributed by atoms with Gasteiger partial charge in [-0.2, -0.15) is 10.2 Å². The van der Waals surface area contributed by atoms with Crippen LogP contribution in [0.5, 0.6) is 0 Å². The molecule has 1 N–H and O–H groups in total. The van der Waals surface area contributed by atoms with Crippen LogP contribution >= 0.6 is 0 Å². The SMILES string of the molecule is CC1OC1n1cc(-c2cc3nccn3c(-c3cn[nH]c3)n2)cn1. The monoisotopic (exact) mass is 307 g/mol. The van der Waals surface area contributed by atoms with Crippen LogP contribution in [0.15, 0.2) is 43.2 Å². The van der Waals surface area contributed by atoms with E-state index in [-0.39, 0.29) is 12.3 Å². The minimum Gasteiger partial charge on any atom is -0.346 e. The van der Waals surface area contributed by atoms with Gasteiger partial charge in [0, 0.05) is 36.4 Å². The third kappa shape index (κ3) is 1.95. The number of fused-ring (bicyclic) bond motifs is 1. The Kier molecular flexibility index (Phi) is 2.45. The Bertz CT molecular complexity index is 985. The predicted molar refractivity (Wildman–Crippen MR) is 81.4 cm³/mol. The normalized spacial score (nSPS) is 20.2. The average Bonchev–Trinajstić information content (AvgIpc) is 3.11. The molecule has 2 unspecified atom stereocenters. The summed E-state index contributed by atoms with van der Waals surface area (Å²) in [5.74, 6) is 0.785. The van der Waals surface area contributed by atoms with Gasteiger partial charge in [-0.25, -0.2) is 14.6 Å². The lowest BCUT2D eigenvalue weighted by Crippen LogP contribution is -1.97. The molecule has 1 fully saturated rings. The van der Waals surface area contributed by atoms with Crippen LogP contribution in [0.1, 0.15) is 13.2 Å². The third-order valence-corrected chi connectivity index (χ3v) is 3.98. The van der Waals surface area contributed by atoms with Crippen molar-refractivity contribution < 1.29 is 4.74 Å². The number of rotatable bonds is 3. The fourth-order valence-electron chi connectivity index (χ4n) is 2.71. The lowest BCUT2D eigenvalue weighted by Gasteiger charge is -2.05. The Morgan fingerprint density at radius 2 is 2.17 bits per heavy atom. The molecule has 1 aliphatic heterocycles. The Labute approximate surface area is 130 Å². The largest absolute Gasteiger partial charge is 0.346 e. The van der Waals surface area contributed by atoms with Crippen molar-refractivity contribution in [3.05, 3.63) is 43.2 Å². The summed E-state index contributed by atoms with van der Waals surface area (Å²) in [6.45, 7) is 2.03. The van der Waals surface area contributed by atoms with Crippen molar-refractivity contribution in [3.63, 3.8) is 0 Å². The molecule has 1 aliphatic rings. The Hall–Kier alpha value is -3.00. The van der Waals surface area contributed by atoms with E-state index in [1.54, 1.807) is 18.6 Å². The Morgan fingerprint density at radius 1 is 1.26 bits per heavy atom. The van der Waals surface area contributed by atoms with E-state index in [1.807, 2.05) is 40.7 Å². The molecule has 1 saturated heterocycles. The highest BCUT2D eigenvalue weighted by atomic mass is 16.6. The Balaban J connectivity index is 1.65. The molecule has 0 amide bonds. The van der Waals surface area contributed by atoms with Crippen molar-refractivity contribution in [1.29, 1.82) is 0 Å². The van der Waals surface area contributed by atoms with Crippen molar-refractivity contribution in [1.82, 2.24) is 34.3 Å². The van der Waals surface area contributed by atoms with Gasteiger partial charge in [0.1, 0.15) is 17.6 Å². The molecule has 0 aliphatic carbocycles.